The van der Waals surface area contributed by atoms with Gasteiger partial charge in [-0.3, -0.25) is 9.55 Å². The quantitative estimate of drug-likeness (QED) is 0.221. The van der Waals surface area contributed by atoms with E-state index >= 15 is 0 Å². The van der Waals surface area contributed by atoms with Crippen LogP contribution in [-0.4, -0.2) is 14.5 Å². The third-order valence-electron chi connectivity index (χ3n) is 8.18. The molecule has 0 saturated heterocycles. The molecule has 202 valence electrons. The van der Waals surface area contributed by atoms with Gasteiger partial charge >= 0.3 is 0 Å². The van der Waals surface area contributed by atoms with Gasteiger partial charge in [-0.15, -0.1) is 0 Å². The van der Waals surface area contributed by atoms with Gasteiger partial charge in [-0.1, -0.05) is 56.3 Å². The first-order valence-corrected chi connectivity index (χ1v) is 14.1. The van der Waals surface area contributed by atoms with Crippen molar-refractivity contribution in [2.24, 2.45) is 0 Å². The van der Waals surface area contributed by atoms with Gasteiger partial charge in [-0.25, -0.2) is 4.98 Å². The van der Waals surface area contributed by atoms with E-state index in [9.17, 15) is 0 Å². The van der Waals surface area contributed by atoms with Crippen molar-refractivity contribution >= 4 is 21.8 Å². The molecule has 1 aliphatic rings. The molecule has 3 aromatic heterocycles. The lowest BCUT2D eigenvalue weighted by molar-refractivity contribution is 0.420. The van der Waals surface area contributed by atoms with Crippen LogP contribution in [0.5, 0.6) is 23.0 Å². The Bertz CT molecular complexity index is 2120. The number of rotatable bonds is 4. The molecule has 42 heavy (non-hydrogen) atoms. The van der Waals surface area contributed by atoms with E-state index < -0.39 is 0 Å². The highest BCUT2D eigenvalue weighted by atomic mass is 16.5. The fourth-order valence-corrected chi connectivity index (χ4v) is 6.26. The molecule has 0 aliphatic carbocycles. The summed E-state index contributed by atoms with van der Waals surface area (Å²) in [7, 11) is 0. The van der Waals surface area contributed by atoms with Gasteiger partial charge in [-0.05, 0) is 66.7 Å². The van der Waals surface area contributed by atoms with Crippen LogP contribution in [0.4, 0.5) is 0 Å². The van der Waals surface area contributed by atoms with Crippen LogP contribution in [0, 0.1) is 0 Å². The average Bonchev–Trinajstić information content (AvgIpc) is 3.35. The van der Waals surface area contributed by atoms with E-state index in [1.165, 1.54) is 5.56 Å². The van der Waals surface area contributed by atoms with Crippen molar-refractivity contribution in [2.75, 3.05) is 0 Å². The number of benzene rings is 4. The molecular weight excluding hydrogens is 518 g/mol. The fourth-order valence-electron chi connectivity index (χ4n) is 6.26. The number of hydrogen-bond donors (Lipinski definition) is 0. The van der Waals surface area contributed by atoms with Crippen molar-refractivity contribution in [1.29, 1.82) is 0 Å². The zero-order valence-corrected chi connectivity index (χ0v) is 23.3. The summed E-state index contributed by atoms with van der Waals surface area (Å²) in [5.41, 5.74) is 6.04. The summed E-state index contributed by atoms with van der Waals surface area (Å²) in [5, 5.41) is 2.27. The van der Waals surface area contributed by atoms with E-state index in [-0.39, 0.29) is 5.41 Å². The zero-order chi connectivity index (χ0) is 28.3. The van der Waals surface area contributed by atoms with Crippen LogP contribution >= 0.6 is 0 Å². The van der Waals surface area contributed by atoms with Gasteiger partial charge < -0.3 is 9.47 Å². The van der Waals surface area contributed by atoms with Crippen molar-refractivity contribution in [3.63, 3.8) is 0 Å². The molecule has 0 fully saturated rings. The molecule has 5 nitrogen and oxygen atoms in total. The molecule has 0 atom stereocenters. The summed E-state index contributed by atoms with van der Waals surface area (Å²) in [5.74, 6) is 4.11. The molecule has 5 heteroatoms. The lowest BCUT2D eigenvalue weighted by atomic mass is 9.75. The van der Waals surface area contributed by atoms with Crippen molar-refractivity contribution in [1.82, 2.24) is 14.5 Å². The second-order valence-electron chi connectivity index (χ2n) is 11.1. The number of pyridine rings is 2. The first kappa shape index (κ1) is 24.4. The van der Waals surface area contributed by atoms with Gasteiger partial charge in [-0.2, -0.15) is 0 Å². The highest BCUT2D eigenvalue weighted by molar-refractivity contribution is 6.11. The van der Waals surface area contributed by atoms with Crippen molar-refractivity contribution < 1.29 is 9.47 Å². The molecular formula is C37H27N3O2. The SMILES string of the molecule is CC1(C)c2ccccc2Oc2ccc3c4ccc(Oc5cccc(-c6ccccn6)c5)cc4n(-c4ccccn4)c3c21. The van der Waals surface area contributed by atoms with Crippen LogP contribution in [0.1, 0.15) is 25.0 Å². The number of nitrogens with zero attached hydrogens (tertiary/aromatic N) is 3. The van der Waals surface area contributed by atoms with E-state index in [1.54, 1.807) is 6.20 Å². The van der Waals surface area contributed by atoms with Crippen LogP contribution in [0.25, 0.3) is 38.9 Å². The third kappa shape index (κ3) is 3.78. The molecule has 0 N–H and O–H groups in total. The number of ether oxygens (including phenoxy) is 2. The van der Waals surface area contributed by atoms with Crippen LogP contribution in [0.3, 0.4) is 0 Å². The number of hydrogen-bond acceptors (Lipinski definition) is 4. The van der Waals surface area contributed by atoms with Crippen LogP contribution in [0.2, 0.25) is 0 Å². The summed E-state index contributed by atoms with van der Waals surface area (Å²) < 4.78 is 15.2. The molecule has 4 aromatic carbocycles. The van der Waals surface area contributed by atoms with Crippen molar-refractivity contribution in [3.8, 4) is 40.1 Å². The monoisotopic (exact) mass is 545 g/mol. The third-order valence-corrected chi connectivity index (χ3v) is 8.18. The summed E-state index contributed by atoms with van der Waals surface area (Å²) in [4.78, 5) is 9.29. The maximum Gasteiger partial charge on any atom is 0.137 e. The lowest BCUT2D eigenvalue weighted by Crippen LogP contribution is -2.25. The number of aromatic nitrogens is 3. The van der Waals surface area contributed by atoms with Gasteiger partial charge in [0.25, 0.3) is 0 Å². The Morgan fingerprint density at radius 3 is 2.29 bits per heavy atom. The molecule has 0 saturated carbocycles. The molecule has 0 spiro atoms. The maximum atomic E-state index is 6.49. The summed E-state index contributed by atoms with van der Waals surface area (Å²) >= 11 is 0. The molecule has 7 aromatic rings. The Kier molecular flexibility index (Phi) is 5.41. The standard InChI is InChI=1S/C37H27N3O2/c1-37(2)29-12-3-4-14-32(29)42-33-19-18-28-27-17-16-26(41-25-11-9-10-24(22-25)30-13-5-7-20-38-30)23-31(27)40(36(28)35(33)37)34-15-6-8-21-39-34/h3-23H,1-2H3. The minimum absolute atomic E-state index is 0.296. The predicted molar refractivity (Wildman–Crippen MR) is 167 cm³/mol. The van der Waals surface area contributed by atoms with Gasteiger partial charge in [0.05, 0.1) is 16.7 Å². The van der Waals surface area contributed by atoms with Crippen LogP contribution in [0.15, 0.2) is 128 Å². The molecule has 4 heterocycles. The normalized spacial score (nSPS) is 13.4. The van der Waals surface area contributed by atoms with Gasteiger partial charge in [0.1, 0.15) is 28.8 Å². The van der Waals surface area contributed by atoms with E-state index in [4.69, 9.17) is 14.5 Å². The largest absolute Gasteiger partial charge is 0.457 e. The fraction of sp³-hybridized carbons (Fsp3) is 0.0811. The molecule has 0 bridgehead atoms. The van der Waals surface area contributed by atoms with E-state index in [0.717, 1.165) is 67.4 Å². The Balaban J connectivity index is 1.33. The van der Waals surface area contributed by atoms with Gasteiger partial charge in [0.2, 0.25) is 0 Å². The Hall–Kier alpha value is -5.42. The van der Waals surface area contributed by atoms with E-state index in [1.807, 2.05) is 85.1 Å². The molecule has 1 aliphatic heterocycles. The molecule has 0 unspecified atom stereocenters. The Labute approximate surface area is 243 Å². The van der Waals surface area contributed by atoms with E-state index in [2.05, 4.69) is 59.8 Å². The van der Waals surface area contributed by atoms with Gasteiger partial charge in [0, 0.05) is 51.3 Å². The second-order valence-corrected chi connectivity index (χ2v) is 11.1. The smallest absolute Gasteiger partial charge is 0.137 e. The second kappa shape index (κ2) is 9.32. The van der Waals surface area contributed by atoms with E-state index in [0.29, 0.717) is 0 Å². The van der Waals surface area contributed by atoms with Gasteiger partial charge in [0.15, 0.2) is 0 Å². The maximum absolute atomic E-state index is 6.49. The molecule has 0 radical (unpaired) electrons. The summed E-state index contributed by atoms with van der Waals surface area (Å²) in [6.07, 6.45) is 3.64. The Morgan fingerprint density at radius 1 is 0.667 bits per heavy atom. The average molecular weight is 546 g/mol. The Morgan fingerprint density at radius 2 is 1.45 bits per heavy atom. The topological polar surface area (TPSA) is 49.2 Å². The van der Waals surface area contributed by atoms with Crippen molar-refractivity contribution in [2.45, 2.75) is 19.3 Å². The zero-order valence-electron chi connectivity index (χ0n) is 23.3. The first-order valence-electron chi connectivity index (χ1n) is 14.1. The number of fused-ring (bicyclic) bond motifs is 6. The number of para-hydroxylation sites is 1. The molecule has 8 rings (SSSR count). The minimum atomic E-state index is -0.296. The lowest BCUT2D eigenvalue weighted by Gasteiger charge is -2.35. The highest BCUT2D eigenvalue weighted by Gasteiger charge is 2.37. The van der Waals surface area contributed by atoms with Crippen molar-refractivity contribution in [3.05, 3.63) is 139 Å². The summed E-state index contributed by atoms with van der Waals surface area (Å²) in [6.45, 7) is 4.55. The van der Waals surface area contributed by atoms with Crippen LogP contribution < -0.4 is 9.47 Å². The predicted octanol–water partition coefficient (Wildman–Crippen LogP) is 9.46. The molecule has 0 amide bonds. The summed E-state index contributed by atoms with van der Waals surface area (Å²) in [6, 6.07) is 38.8. The van der Waals surface area contributed by atoms with Crippen LogP contribution in [-0.2, 0) is 5.41 Å². The first-order chi connectivity index (χ1) is 20.6. The highest BCUT2D eigenvalue weighted by Crippen LogP contribution is 2.52. The minimum Gasteiger partial charge on any atom is -0.457 e.